The Hall–Kier alpha value is -2.42. The van der Waals surface area contributed by atoms with E-state index in [2.05, 4.69) is 5.32 Å². The van der Waals surface area contributed by atoms with E-state index in [1.54, 1.807) is 0 Å². The Bertz CT molecular complexity index is 696. The molecule has 0 aliphatic carbocycles. The van der Waals surface area contributed by atoms with Gasteiger partial charge in [-0.2, -0.15) is 0 Å². The van der Waals surface area contributed by atoms with E-state index in [4.69, 9.17) is 4.74 Å². The van der Waals surface area contributed by atoms with E-state index in [0.29, 0.717) is 5.56 Å². The summed E-state index contributed by atoms with van der Waals surface area (Å²) in [7, 11) is -1.82. The van der Waals surface area contributed by atoms with Crippen LogP contribution in [0.2, 0.25) is 0 Å². The smallest absolute Gasteiger partial charge is 0.338 e. The van der Waals surface area contributed by atoms with Crippen molar-refractivity contribution in [2.75, 3.05) is 13.3 Å². The van der Waals surface area contributed by atoms with Gasteiger partial charge in [0.25, 0.3) is 5.91 Å². The second-order valence-electron chi connectivity index (χ2n) is 4.88. The van der Waals surface area contributed by atoms with Crippen LogP contribution in [0.3, 0.4) is 0 Å². The third kappa shape index (κ3) is 6.47. The SMILES string of the molecule is CNC(=O)NC(=O)[C@H](C)OC(=O)c1ccc(CS(C)(=O)=O)cc1. The summed E-state index contributed by atoms with van der Waals surface area (Å²) in [5, 5.41) is 4.19. The van der Waals surface area contributed by atoms with Gasteiger partial charge in [0.1, 0.15) is 0 Å². The molecule has 1 aromatic carbocycles. The summed E-state index contributed by atoms with van der Waals surface area (Å²) in [6, 6.07) is 5.10. The Labute approximate surface area is 134 Å². The predicted octanol–water partition coefficient (Wildman–Crippen LogP) is 0.232. The summed E-state index contributed by atoms with van der Waals surface area (Å²) in [4.78, 5) is 34.5. The summed E-state index contributed by atoms with van der Waals surface area (Å²) in [5.41, 5.74) is 0.705. The molecule has 3 amide bonds. The van der Waals surface area contributed by atoms with E-state index in [9.17, 15) is 22.8 Å². The van der Waals surface area contributed by atoms with Gasteiger partial charge in [0.15, 0.2) is 15.9 Å². The number of urea groups is 1. The van der Waals surface area contributed by atoms with Gasteiger partial charge in [-0.3, -0.25) is 10.1 Å². The van der Waals surface area contributed by atoms with Crippen molar-refractivity contribution in [2.24, 2.45) is 0 Å². The highest BCUT2D eigenvalue weighted by Gasteiger charge is 2.20. The van der Waals surface area contributed by atoms with Crippen LogP contribution in [0.5, 0.6) is 0 Å². The topological polar surface area (TPSA) is 119 Å². The number of carbonyl (C=O) groups is 3. The summed E-state index contributed by atoms with van der Waals surface area (Å²) in [5.74, 6) is -1.64. The summed E-state index contributed by atoms with van der Waals surface area (Å²) < 4.78 is 27.3. The van der Waals surface area contributed by atoms with E-state index in [1.807, 2.05) is 5.32 Å². The summed E-state index contributed by atoms with van der Waals surface area (Å²) in [6.45, 7) is 1.33. The minimum Gasteiger partial charge on any atom is -0.449 e. The zero-order chi connectivity index (χ0) is 17.6. The van der Waals surface area contributed by atoms with Crippen LogP contribution in [0.15, 0.2) is 24.3 Å². The number of carbonyl (C=O) groups excluding carboxylic acids is 3. The lowest BCUT2D eigenvalue weighted by atomic mass is 10.1. The molecular weight excluding hydrogens is 324 g/mol. The maximum absolute atomic E-state index is 11.9. The van der Waals surface area contributed by atoms with Crippen molar-refractivity contribution in [1.29, 1.82) is 0 Å². The number of sulfone groups is 1. The molecule has 0 fully saturated rings. The third-order valence-electron chi connectivity index (χ3n) is 2.74. The van der Waals surface area contributed by atoms with Crippen LogP contribution in [0.25, 0.3) is 0 Å². The van der Waals surface area contributed by atoms with Crippen molar-refractivity contribution in [2.45, 2.75) is 18.8 Å². The van der Waals surface area contributed by atoms with Gasteiger partial charge in [0.2, 0.25) is 0 Å². The quantitative estimate of drug-likeness (QED) is 0.740. The number of esters is 1. The van der Waals surface area contributed by atoms with Crippen molar-refractivity contribution in [3.05, 3.63) is 35.4 Å². The molecule has 2 N–H and O–H groups in total. The second-order valence-corrected chi connectivity index (χ2v) is 7.02. The molecule has 0 aromatic heterocycles. The monoisotopic (exact) mass is 342 g/mol. The van der Waals surface area contributed by atoms with Crippen molar-refractivity contribution in [1.82, 2.24) is 10.6 Å². The lowest BCUT2D eigenvalue weighted by Crippen LogP contribution is -2.43. The fourth-order valence-electron chi connectivity index (χ4n) is 1.60. The first-order valence-electron chi connectivity index (χ1n) is 6.62. The first kappa shape index (κ1) is 18.6. The zero-order valence-electron chi connectivity index (χ0n) is 13.0. The number of amides is 3. The number of imide groups is 1. The molecular formula is C14H18N2O6S. The van der Waals surface area contributed by atoms with Gasteiger partial charge in [0, 0.05) is 13.3 Å². The third-order valence-corrected chi connectivity index (χ3v) is 3.59. The highest BCUT2D eigenvalue weighted by molar-refractivity contribution is 7.89. The molecule has 0 aliphatic heterocycles. The number of ether oxygens (including phenoxy) is 1. The van der Waals surface area contributed by atoms with Crippen LogP contribution >= 0.6 is 0 Å². The van der Waals surface area contributed by atoms with E-state index >= 15 is 0 Å². The largest absolute Gasteiger partial charge is 0.449 e. The highest BCUT2D eigenvalue weighted by atomic mass is 32.2. The molecule has 1 atom stereocenters. The van der Waals surface area contributed by atoms with Crippen LogP contribution in [0.4, 0.5) is 4.79 Å². The van der Waals surface area contributed by atoms with Crippen LogP contribution < -0.4 is 10.6 Å². The zero-order valence-corrected chi connectivity index (χ0v) is 13.8. The fourth-order valence-corrected chi connectivity index (χ4v) is 2.40. The van der Waals surface area contributed by atoms with Crippen LogP contribution in [-0.2, 0) is 25.1 Å². The molecule has 126 valence electrons. The number of benzene rings is 1. The van der Waals surface area contributed by atoms with Gasteiger partial charge in [0.05, 0.1) is 11.3 Å². The van der Waals surface area contributed by atoms with Gasteiger partial charge in [-0.25, -0.2) is 18.0 Å². The molecule has 0 radical (unpaired) electrons. The van der Waals surface area contributed by atoms with Gasteiger partial charge < -0.3 is 10.1 Å². The molecule has 9 heteroatoms. The molecule has 0 unspecified atom stereocenters. The summed E-state index contributed by atoms with van der Waals surface area (Å²) in [6.07, 6.45) is -0.0439. The van der Waals surface area contributed by atoms with E-state index < -0.39 is 33.8 Å². The standard InChI is InChI=1S/C14H18N2O6S/c1-9(12(17)16-14(19)15-2)22-13(18)11-6-4-10(5-7-11)8-23(3,20)21/h4-7,9H,8H2,1-3H3,(H2,15,16,17,19)/t9-/m0/s1. The van der Waals surface area contributed by atoms with E-state index in [-0.39, 0.29) is 11.3 Å². The summed E-state index contributed by atoms with van der Waals surface area (Å²) >= 11 is 0. The first-order chi connectivity index (χ1) is 10.6. The van der Waals surface area contributed by atoms with Crippen LogP contribution in [-0.4, -0.2) is 45.7 Å². The second kappa shape index (κ2) is 7.73. The number of rotatable bonds is 5. The minimum atomic E-state index is -3.16. The Morgan fingerprint density at radius 1 is 1.17 bits per heavy atom. The highest BCUT2D eigenvalue weighted by Crippen LogP contribution is 2.10. The molecule has 0 bridgehead atoms. The molecule has 0 aliphatic rings. The molecule has 23 heavy (non-hydrogen) atoms. The maximum Gasteiger partial charge on any atom is 0.338 e. The van der Waals surface area contributed by atoms with Crippen molar-refractivity contribution < 1.29 is 27.5 Å². The lowest BCUT2D eigenvalue weighted by Gasteiger charge is -2.12. The first-order valence-corrected chi connectivity index (χ1v) is 8.68. The van der Waals surface area contributed by atoms with Crippen LogP contribution in [0, 0.1) is 0 Å². The van der Waals surface area contributed by atoms with Gasteiger partial charge >= 0.3 is 12.0 Å². The molecule has 0 saturated carbocycles. The maximum atomic E-state index is 11.9. The number of hydrogen-bond donors (Lipinski definition) is 2. The number of hydrogen-bond acceptors (Lipinski definition) is 6. The fraction of sp³-hybridized carbons (Fsp3) is 0.357. The Morgan fingerprint density at radius 2 is 1.74 bits per heavy atom. The Kier molecular flexibility index (Phi) is 6.26. The van der Waals surface area contributed by atoms with E-state index in [0.717, 1.165) is 6.26 Å². The average Bonchev–Trinajstić information content (AvgIpc) is 2.45. The van der Waals surface area contributed by atoms with E-state index in [1.165, 1.54) is 38.2 Å². The molecule has 0 saturated heterocycles. The Balaban J connectivity index is 2.67. The lowest BCUT2D eigenvalue weighted by molar-refractivity contribution is -0.127. The molecule has 1 rings (SSSR count). The predicted molar refractivity (Wildman–Crippen MR) is 82.5 cm³/mol. The Morgan fingerprint density at radius 3 is 2.22 bits per heavy atom. The van der Waals surface area contributed by atoms with Gasteiger partial charge in [-0.15, -0.1) is 0 Å². The molecule has 1 aromatic rings. The van der Waals surface area contributed by atoms with Gasteiger partial charge in [-0.05, 0) is 24.6 Å². The van der Waals surface area contributed by atoms with Gasteiger partial charge in [-0.1, -0.05) is 12.1 Å². The minimum absolute atomic E-state index is 0.132. The molecule has 8 nitrogen and oxygen atoms in total. The van der Waals surface area contributed by atoms with Crippen molar-refractivity contribution in [3.8, 4) is 0 Å². The van der Waals surface area contributed by atoms with Crippen LogP contribution in [0.1, 0.15) is 22.8 Å². The van der Waals surface area contributed by atoms with Crippen molar-refractivity contribution >= 4 is 27.7 Å². The normalized spacial score (nSPS) is 12.1. The molecule has 0 spiro atoms. The average molecular weight is 342 g/mol. The molecule has 0 heterocycles. The number of nitrogens with one attached hydrogen (secondary N) is 2. The van der Waals surface area contributed by atoms with Crippen molar-refractivity contribution in [3.63, 3.8) is 0 Å².